The van der Waals surface area contributed by atoms with Crippen LogP contribution in [-0.4, -0.2) is 61.5 Å². The van der Waals surface area contributed by atoms with Crippen molar-refractivity contribution in [3.05, 3.63) is 65.2 Å². The van der Waals surface area contributed by atoms with Crippen molar-refractivity contribution in [2.24, 2.45) is 0 Å². The number of amides is 1. The fourth-order valence-corrected chi connectivity index (χ4v) is 7.74. The first kappa shape index (κ1) is 27.1. The molecule has 2 aromatic carbocycles. The van der Waals surface area contributed by atoms with E-state index in [0.29, 0.717) is 5.56 Å². The summed E-state index contributed by atoms with van der Waals surface area (Å²) in [6.07, 6.45) is 1.88. The lowest BCUT2D eigenvalue weighted by Gasteiger charge is -2.47. The van der Waals surface area contributed by atoms with Crippen LogP contribution >= 0.6 is 0 Å². The monoisotopic (exact) mass is 549 g/mol. The summed E-state index contributed by atoms with van der Waals surface area (Å²) in [5.41, 5.74) is 2.53. The van der Waals surface area contributed by atoms with Crippen molar-refractivity contribution in [2.45, 2.75) is 80.6 Å². The largest absolute Gasteiger partial charge is 0.471 e. The van der Waals surface area contributed by atoms with E-state index in [1.165, 1.54) is 30.5 Å². The Bertz CT molecular complexity index is 1250. The summed E-state index contributed by atoms with van der Waals surface area (Å²) < 4.78 is 68.2. The van der Waals surface area contributed by atoms with Gasteiger partial charge in [0, 0.05) is 24.7 Å². The molecule has 0 radical (unpaired) electrons. The van der Waals surface area contributed by atoms with Gasteiger partial charge in [0.25, 0.3) is 0 Å². The Kier molecular flexibility index (Phi) is 7.59. The summed E-state index contributed by atoms with van der Waals surface area (Å²) in [7, 11) is -3.86. The number of halogens is 3. The van der Waals surface area contributed by atoms with Crippen molar-refractivity contribution in [1.82, 2.24) is 14.5 Å². The van der Waals surface area contributed by atoms with Crippen molar-refractivity contribution in [3.8, 4) is 0 Å². The molecule has 1 aliphatic carbocycles. The van der Waals surface area contributed by atoms with Gasteiger partial charge in [-0.1, -0.05) is 36.4 Å². The van der Waals surface area contributed by atoms with Crippen LogP contribution < -0.4 is 4.72 Å². The number of hydrogen-bond donors (Lipinski definition) is 1. The van der Waals surface area contributed by atoms with Crippen molar-refractivity contribution < 1.29 is 26.4 Å². The summed E-state index contributed by atoms with van der Waals surface area (Å²) in [4.78, 5) is 15.1. The van der Waals surface area contributed by atoms with Crippen LogP contribution in [0.3, 0.4) is 0 Å². The molecule has 0 bridgehead atoms. The fourth-order valence-electron chi connectivity index (χ4n) is 6.39. The normalized spacial score (nSPS) is 24.8. The molecule has 10 heteroatoms. The van der Waals surface area contributed by atoms with Crippen molar-refractivity contribution in [2.75, 3.05) is 19.6 Å². The molecule has 0 atom stereocenters. The maximum Gasteiger partial charge on any atom is 0.471 e. The van der Waals surface area contributed by atoms with Crippen LogP contribution in [0.4, 0.5) is 13.2 Å². The summed E-state index contributed by atoms with van der Waals surface area (Å²) in [6.45, 7) is 1.86. The van der Waals surface area contributed by atoms with Crippen LogP contribution in [0.25, 0.3) is 0 Å². The number of likely N-dealkylation sites (tertiary alicyclic amines) is 1. The quantitative estimate of drug-likeness (QED) is 0.579. The number of nitrogens with one attached hydrogen (secondary N) is 1. The Morgan fingerprint density at radius 2 is 1.66 bits per heavy atom. The highest BCUT2D eigenvalue weighted by Gasteiger charge is 2.44. The number of hydrogen-bond acceptors (Lipinski definition) is 4. The predicted octanol–water partition coefficient (Wildman–Crippen LogP) is 4.43. The first-order chi connectivity index (χ1) is 18.1. The highest BCUT2D eigenvalue weighted by atomic mass is 32.2. The Morgan fingerprint density at radius 3 is 2.32 bits per heavy atom. The highest BCUT2D eigenvalue weighted by Crippen LogP contribution is 2.39. The van der Waals surface area contributed by atoms with Gasteiger partial charge in [-0.3, -0.25) is 9.69 Å². The van der Waals surface area contributed by atoms with Crippen molar-refractivity contribution >= 4 is 15.9 Å². The number of sulfonamides is 1. The van der Waals surface area contributed by atoms with Crippen LogP contribution in [0.1, 0.15) is 55.2 Å². The lowest BCUT2D eigenvalue weighted by atomic mass is 9.74. The molecular formula is C28H34F3N3O3S. The van der Waals surface area contributed by atoms with E-state index in [0.717, 1.165) is 55.7 Å². The average Bonchev–Trinajstić information content (AvgIpc) is 3.45. The molecule has 5 rings (SSSR count). The molecule has 2 fully saturated rings. The third kappa shape index (κ3) is 5.77. The maximum absolute atomic E-state index is 13.3. The minimum Gasteiger partial charge on any atom is -0.330 e. The number of rotatable bonds is 6. The lowest BCUT2D eigenvalue weighted by Crippen LogP contribution is -2.53. The van der Waals surface area contributed by atoms with E-state index < -0.39 is 22.1 Å². The van der Waals surface area contributed by atoms with Crippen LogP contribution in [0.15, 0.2) is 53.4 Å². The maximum atomic E-state index is 13.3. The molecule has 0 aromatic heterocycles. The highest BCUT2D eigenvalue weighted by molar-refractivity contribution is 7.89. The number of alkyl halides is 3. The third-order valence-electron chi connectivity index (χ3n) is 8.42. The van der Waals surface area contributed by atoms with Crippen LogP contribution in [-0.2, 0) is 34.2 Å². The van der Waals surface area contributed by atoms with E-state index in [2.05, 4.69) is 33.9 Å². The second-order valence-corrected chi connectivity index (χ2v) is 12.6. The summed E-state index contributed by atoms with van der Waals surface area (Å²) in [6, 6.07) is 14.8. The summed E-state index contributed by atoms with van der Waals surface area (Å²) >= 11 is 0. The number of benzene rings is 2. The zero-order chi connectivity index (χ0) is 27.0. The standard InChI is InChI=1S/C28H34F3N3O3S/c29-28(30,31)26(35)33-17-12-22-8-9-25(18-23(22)20-33)38(36,37)32-24-10-13-27(14-11-24,34-15-4-5-16-34)19-21-6-2-1-3-7-21/h1-3,6-9,18,24,32H,4-5,10-17,19-20H2. The van der Waals surface area contributed by atoms with Gasteiger partial charge in [0.1, 0.15) is 0 Å². The smallest absolute Gasteiger partial charge is 0.330 e. The first-order valence-corrected chi connectivity index (χ1v) is 14.8. The first-order valence-electron chi connectivity index (χ1n) is 13.3. The molecule has 38 heavy (non-hydrogen) atoms. The van der Waals surface area contributed by atoms with Crippen LogP contribution in [0.5, 0.6) is 0 Å². The van der Waals surface area contributed by atoms with E-state index in [1.54, 1.807) is 6.07 Å². The van der Waals surface area contributed by atoms with Gasteiger partial charge in [0.2, 0.25) is 10.0 Å². The Hall–Kier alpha value is -2.43. The molecule has 0 spiro atoms. The van der Waals surface area contributed by atoms with Gasteiger partial charge in [0.15, 0.2) is 0 Å². The molecule has 2 heterocycles. The van der Waals surface area contributed by atoms with E-state index in [4.69, 9.17) is 0 Å². The van der Waals surface area contributed by atoms with Gasteiger partial charge in [-0.05, 0) is 93.3 Å². The average molecular weight is 550 g/mol. The van der Waals surface area contributed by atoms with Gasteiger partial charge >= 0.3 is 12.1 Å². The summed E-state index contributed by atoms with van der Waals surface area (Å²) in [5, 5.41) is 0. The van der Waals surface area contributed by atoms with E-state index in [-0.39, 0.29) is 36.0 Å². The Morgan fingerprint density at radius 1 is 0.974 bits per heavy atom. The molecule has 0 unspecified atom stereocenters. The number of carbonyl (C=O) groups excluding carboxylic acids is 1. The Labute approximate surface area is 222 Å². The molecule has 1 amide bonds. The molecule has 1 saturated heterocycles. The molecule has 3 aliphatic rings. The zero-order valence-electron chi connectivity index (χ0n) is 21.3. The minimum atomic E-state index is -4.95. The van der Waals surface area contributed by atoms with Gasteiger partial charge in [0.05, 0.1) is 4.90 Å². The lowest BCUT2D eigenvalue weighted by molar-refractivity contribution is -0.186. The second kappa shape index (κ2) is 10.6. The molecule has 206 valence electrons. The minimum absolute atomic E-state index is 0.0261. The fraction of sp³-hybridized carbons (Fsp3) is 0.536. The SMILES string of the molecule is O=C(N1CCc2ccc(S(=O)(=O)NC3CCC(Cc4ccccc4)(N4CCCC4)CC3)cc2C1)C(F)(F)F. The van der Waals surface area contributed by atoms with Crippen molar-refractivity contribution in [1.29, 1.82) is 0 Å². The molecule has 6 nitrogen and oxygen atoms in total. The number of fused-ring (bicyclic) bond motifs is 1. The Balaban J connectivity index is 1.27. The second-order valence-electron chi connectivity index (χ2n) is 10.9. The number of carbonyl (C=O) groups is 1. The van der Waals surface area contributed by atoms with Gasteiger partial charge in [-0.2, -0.15) is 13.2 Å². The number of nitrogens with zero attached hydrogens (tertiary/aromatic N) is 2. The van der Waals surface area contributed by atoms with E-state index in [9.17, 15) is 26.4 Å². The third-order valence-corrected chi connectivity index (χ3v) is 9.94. The predicted molar refractivity (Wildman–Crippen MR) is 138 cm³/mol. The van der Waals surface area contributed by atoms with Crippen LogP contribution in [0, 0.1) is 0 Å². The van der Waals surface area contributed by atoms with Gasteiger partial charge in [-0.25, -0.2) is 13.1 Å². The topological polar surface area (TPSA) is 69.7 Å². The molecule has 2 aliphatic heterocycles. The zero-order valence-corrected chi connectivity index (χ0v) is 22.2. The molecule has 1 saturated carbocycles. The summed E-state index contributed by atoms with van der Waals surface area (Å²) in [5.74, 6) is -1.89. The molecule has 1 N–H and O–H groups in total. The van der Waals surface area contributed by atoms with Gasteiger partial charge < -0.3 is 4.90 Å². The van der Waals surface area contributed by atoms with E-state index >= 15 is 0 Å². The van der Waals surface area contributed by atoms with Crippen LogP contribution in [0.2, 0.25) is 0 Å². The van der Waals surface area contributed by atoms with E-state index in [1.807, 2.05) is 6.07 Å². The molecule has 2 aromatic rings. The molecular weight excluding hydrogens is 515 g/mol. The van der Waals surface area contributed by atoms with Gasteiger partial charge in [-0.15, -0.1) is 0 Å². The van der Waals surface area contributed by atoms with Crippen molar-refractivity contribution in [3.63, 3.8) is 0 Å².